The van der Waals surface area contributed by atoms with Gasteiger partial charge in [0.2, 0.25) is 0 Å². The van der Waals surface area contributed by atoms with Gasteiger partial charge in [-0.3, -0.25) is 0 Å². The molecule has 1 atom stereocenters. The number of aryl methyl sites for hydroxylation is 1. The number of oxazole rings is 1. The zero-order chi connectivity index (χ0) is 11.7. The largest absolute Gasteiger partial charge is 0.422 e. The Kier molecular flexibility index (Phi) is 2.74. The smallest absolute Gasteiger partial charge is 0.252 e. The second-order valence-corrected chi connectivity index (χ2v) is 3.94. The summed E-state index contributed by atoms with van der Waals surface area (Å²) in [7, 11) is 1.93. The SMILES string of the molecule is Cc1nc2c(N(C)CC(C)N)ncnc2o1. The number of hydrogen-bond donors (Lipinski definition) is 1. The Morgan fingerprint density at radius 1 is 1.50 bits per heavy atom. The highest BCUT2D eigenvalue weighted by atomic mass is 16.4. The summed E-state index contributed by atoms with van der Waals surface area (Å²) in [5.41, 5.74) is 6.95. The van der Waals surface area contributed by atoms with Gasteiger partial charge in [-0.1, -0.05) is 0 Å². The fraction of sp³-hybridized carbons (Fsp3) is 0.500. The topological polar surface area (TPSA) is 81.1 Å². The molecule has 6 heteroatoms. The lowest BCUT2D eigenvalue weighted by atomic mass is 10.3. The minimum absolute atomic E-state index is 0.0722. The summed E-state index contributed by atoms with van der Waals surface area (Å²) in [5.74, 6) is 1.34. The molecule has 0 saturated heterocycles. The van der Waals surface area contributed by atoms with Crippen LogP contribution in [0.5, 0.6) is 0 Å². The fourth-order valence-corrected chi connectivity index (χ4v) is 1.64. The lowest BCUT2D eigenvalue weighted by molar-refractivity contribution is 0.551. The van der Waals surface area contributed by atoms with E-state index in [4.69, 9.17) is 10.2 Å². The monoisotopic (exact) mass is 221 g/mol. The molecule has 0 bridgehead atoms. The average molecular weight is 221 g/mol. The molecular weight excluding hydrogens is 206 g/mol. The first-order valence-corrected chi connectivity index (χ1v) is 5.13. The molecule has 0 aliphatic heterocycles. The third-order valence-electron chi connectivity index (χ3n) is 2.21. The van der Waals surface area contributed by atoms with Gasteiger partial charge in [-0.15, -0.1) is 0 Å². The zero-order valence-electron chi connectivity index (χ0n) is 9.64. The predicted molar refractivity (Wildman–Crippen MR) is 61.3 cm³/mol. The minimum atomic E-state index is 0.0722. The molecule has 16 heavy (non-hydrogen) atoms. The van der Waals surface area contributed by atoms with Crippen molar-refractivity contribution < 1.29 is 4.42 Å². The average Bonchev–Trinajstić information content (AvgIpc) is 2.55. The lowest BCUT2D eigenvalue weighted by Crippen LogP contribution is -2.33. The Morgan fingerprint density at radius 2 is 2.25 bits per heavy atom. The molecule has 2 aromatic heterocycles. The molecule has 0 fully saturated rings. The highest BCUT2D eigenvalue weighted by Crippen LogP contribution is 2.21. The molecule has 2 heterocycles. The number of aromatic nitrogens is 3. The molecule has 2 rings (SSSR count). The maximum Gasteiger partial charge on any atom is 0.252 e. The summed E-state index contributed by atoms with van der Waals surface area (Å²) in [5, 5.41) is 0. The van der Waals surface area contributed by atoms with Crippen LogP contribution >= 0.6 is 0 Å². The van der Waals surface area contributed by atoms with Gasteiger partial charge >= 0.3 is 0 Å². The van der Waals surface area contributed by atoms with Crippen molar-refractivity contribution in [2.45, 2.75) is 19.9 Å². The minimum Gasteiger partial charge on any atom is -0.422 e. The molecule has 1 unspecified atom stereocenters. The third kappa shape index (κ3) is 1.96. The Hall–Kier alpha value is -1.69. The van der Waals surface area contributed by atoms with Crippen LogP contribution in [-0.4, -0.2) is 34.6 Å². The van der Waals surface area contributed by atoms with Crippen molar-refractivity contribution in [1.82, 2.24) is 15.0 Å². The van der Waals surface area contributed by atoms with Crippen molar-refractivity contribution in [3.8, 4) is 0 Å². The summed E-state index contributed by atoms with van der Waals surface area (Å²) in [6.07, 6.45) is 1.47. The maximum atomic E-state index is 5.75. The zero-order valence-corrected chi connectivity index (χ0v) is 9.64. The van der Waals surface area contributed by atoms with Gasteiger partial charge in [0, 0.05) is 26.6 Å². The van der Waals surface area contributed by atoms with Gasteiger partial charge < -0.3 is 15.1 Å². The van der Waals surface area contributed by atoms with Crippen LogP contribution in [0.25, 0.3) is 11.2 Å². The van der Waals surface area contributed by atoms with E-state index in [1.54, 1.807) is 6.92 Å². The molecule has 6 nitrogen and oxygen atoms in total. The van der Waals surface area contributed by atoms with Gasteiger partial charge in [-0.25, -0.2) is 9.97 Å². The molecule has 2 aromatic rings. The van der Waals surface area contributed by atoms with E-state index >= 15 is 0 Å². The van der Waals surface area contributed by atoms with Crippen LogP contribution in [0.15, 0.2) is 10.7 Å². The molecule has 0 aliphatic carbocycles. The van der Waals surface area contributed by atoms with Gasteiger partial charge in [0.15, 0.2) is 17.2 Å². The van der Waals surface area contributed by atoms with Gasteiger partial charge in [-0.2, -0.15) is 4.98 Å². The van der Waals surface area contributed by atoms with Crippen LogP contribution in [-0.2, 0) is 0 Å². The summed E-state index contributed by atoms with van der Waals surface area (Å²) in [6, 6.07) is 0.0722. The number of rotatable bonds is 3. The first-order chi connectivity index (χ1) is 7.58. The Bertz CT molecular complexity index is 493. The Labute approximate surface area is 93.5 Å². The van der Waals surface area contributed by atoms with E-state index in [1.165, 1.54) is 6.33 Å². The van der Waals surface area contributed by atoms with Crippen LogP contribution in [0.4, 0.5) is 5.82 Å². The highest BCUT2D eigenvalue weighted by molar-refractivity contribution is 5.81. The standard InChI is InChI=1S/C10H15N5O/c1-6(11)4-15(3)9-8-10(13-5-12-9)16-7(2)14-8/h5-6H,4,11H2,1-3H3. The molecule has 0 amide bonds. The van der Waals surface area contributed by atoms with E-state index < -0.39 is 0 Å². The molecule has 0 radical (unpaired) electrons. The summed E-state index contributed by atoms with van der Waals surface area (Å²) >= 11 is 0. The van der Waals surface area contributed by atoms with E-state index in [2.05, 4.69) is 15.0 Å². The number of fused-ring (bicyclic) bond motifs is 1. The van der Waals surface area contributed by atoms with Crippen LogP contribution in [0.3, 0.4) is 0 Å². The van der Waals surface area contributed by atoms with E-state index in [0.717, 1.165) is 5.82 Å². The predicted octanol–water partition coefficient (Wildman–Crippen LogP) is 0.710. The summed E-state index contributed by atoms with van der Waals surface area (Å²) in [4.78, 5) is 14.5. The van der Waals surface area contributed by atoms with Crippen molar-refractivity contribution in [3.05, 3.63) is 12.2 Å². The van der Waals surface area contributed by atoms with Gasteiger partial charge in [0.1, 0.15) is 6.33 Å². The molecule has 2 N–H and O–H groups in total. The van der Waals surface area contributed by atoms with Crippen LogP contribution in [0.1, 0.15) is 12.8 Å². The van der Waals surface area contributed by atoms with Gasteiger partial charge in [-0.05, 0) is 6.92 Å². The molecular formula is C10H15N5O. The number of nitrogens with zero attached hydrogens (tertiary/aromatic N) is 4. The van der Waals surface area contributed by atoms with Crippen LogP contribution in [0, 0.1) is 6.92 Å². The van der Waals surface area contributed by atoms with E-state index in [-0.39, 0.29) is 6.04 Å². The van der Waals surface area contributed by atoms with Crippen molar-refractivity contribution in [1.29, 1.82) is 0 Å². The molecule has 0 saturated carbocycles. The molecule has 0 aliphatic rings. The second kappa shape index (κ2) is 4.05. The number of anilines is 1. The van der Waals surface area contributed by atoms with Crippen molar-refractivity contribution >= 4 is 17.0 Å². The van der Waals surface area contributed by atoms with E-state index in [9.17, 15) is 0 Å². The van der Waals surface area contributed by atoms with Crippen LogP contribution in [0.2, 0.25) is 0 Å². The first-order valence-electron chi connectivity index (χ1n) is 5.13. The van der Waals surface area contributed by atoms with Crippen LogP contribution < -0.4 is 10.6 Å². The quantitative estimate of drug-likeness (QED) is 0.822. The first kappa shape index (κ1) is 10.8. The lowest BCUT2D eigenvalue weighted by Gasteiger charge is -2.19. The summed E-state index contributed by atoms with van der Waals surface area (Å²) < 4.78 is 5.34. The number of nitrogens with two attached hydrogens (primary N) is 1. The molecule has 0 spiro atoms. The second-order valence-electron chi connectivity index (χ2n) is 3.94. The summed E-state index contributed by atoms with van der Waals surface area (Å²) in [6.45, 7) is 4.44. The fourth-order valence-electron chi connectivity index (χ4n) is 1.64. The Morgan fingerprint density at radius 3 is 2.94 bits per heavy atom. The van der Waals surface area contributed by atoms with Gasteiger partial charge in [0.05, 0.1) is 0 Å². The maximum absolute atomic E-state index is 5.75. The van der Waals surface area contributed by atoms with Crippen molar-refractivity contribution in [3.63, 3.8) is 0 Å². The van der Waals surface area contributed by atoms with E-state index in [1.807, 2.05) is 18.9 Å². The van der Waals surface area contributed by atoms with Gasteiger partial charge in [0.25, 0.3) is 5.71 Å². The van der Waals surface area contributed by atoms with Crippen molar-refractivity contribution in [2.75, 3.05) is 18.5 Å². The number of hydrogen-bond acceptors (Lipinski definition) is 6. The number of likely N-dealkylation sites (N-methyl/N-ethyl adjacent to an activating group) is 1. The Balaban J connectivity index is 2.43. The molecule has 0 aromatic carbocycles. The third-order valence-corrected chi connectivity index (χ3v) is 2.21. The van der Waals surface area contributed by atoms with E-state index in [0.29, 0.717) is 23.7 Å². The normalized spacial score (nSPS) is 13.0. The highest BCUT2D eigenvalue weighted by Gasteiger charge is 2.14. The van der Waals surface area contributed by atoms with Crippen molar-refractivity contribution in [2.24, 2.45) is 5.73 Å². The molecule has 86 valence electrons.